The van der Waals surface area contributed by atoms with Crippen LogP contribution in [0.4, 0.5) is 4.39 Å². The maximum absolute atomic E-state index is 12.8. The molecule has 0 aromatic heterocycles. The lowest BCUT2D eigenvalue weighted by molar-refractivity contribution is 0.581. The van der Waals surface area contributed by atoms with Crippen molar-refractivity contribution < 1.29 is 21.2 Å². The lowest BCUT2D eigenvalue weighted by Gasteiger charge is -2.07. The standard InChI is InChI=1S/C14H14FNO4S2/c15-12-6-8-13(9-7-12)21(17,18)11-10-16-22(19,20)14-4-2-1-3-5-14/h1-9,16H,10-11H2. The van der Waals surface area contributed by atoms with E-state index in [0.717, 1.165) is 24.3 Å². The molecule has 0 aliphatic rings. The largest absolute Gasteiger partial charge is 0.240 e. The maximum atomic E-state index is 12.8. The molecule has 2 rings (SSSR count). The van der Waals surface area contributed by atoms with Crippen molar-refractivity contribution in [2.45, 2.75) is 9.79 Å². The summed E-state index contributed by atoms with van der Waals surface area (Å²) in [4.78, 5) is 0.0157. The number of hydrogen-bond acceptors (Lipinski definition) is 4. The Morgan fingerprint density at radius 3 is 2.00 bits per heavy atom. The van der Waals surface area contributed by atoms with Crippen LogP contribution in [-0.2, 0) is 19.9 Å². The number of nitrogens with one attached hydrogen (secondary N) is 1. The molecule has 0 aliphatic heterocycles. The zero-order valence-electron chi connectivity index (χ0n) is 11.4. The number of halogens is 1. The van der Waals surface area contributed by atoms with Gasteiger partial charge in [-0.25, -0.2) is 25.9 Å². The van der Waals surface area contributed by atoms with Crippen LogP contribution in [0, 0.1) is 5.82 Å². The Morgan fingerprint density at radius 1 is 0.818 bits per heavy atom. The van der Waals surface area contributed by atoms with Crippen LogP contribution in [0.25, 0.3) is 0 Å². The second kappa shape index (κ2) is 6.55. The second-order valence-corrected chi connectivity index (χ2v) is 8.36. The fourth-order valence-electron chi connectivity index (χ4n) is 1.75. The molecule has 0 saturated heterocycles. The number of hydrogen-bond donors (Lipinski definition) is 1. The van der Waals surface area contributed by atoms with Gasteiger partial charge in [0.25, 0.3) is 0 Å². The average molecular weight is 343 g/mol. The number of sulfone groups is 1. The zero-order chi connectivity index (χ0) is 16.2. The Labute approximate surface area is 128 Å². The summed E-state index contributed by atoms with van der Waals surface area (Å²) in [6.07, 6.45) is 0. The first-order valence-corrected chi connectivity index (χ1v) is 9.48. The molecule has 0 radical (unpaired) electrons. The first kappa shape index (κ1) is 16.6. The summed E-state index contributed by atoms with van der Waals surface area (Å²) in [5.74, 6) is -0.950. The molecule has 0 saturated carbocycles. The Hall–Kier alpha value is -1.77. The SMILES string of the molecule is O=S(=O)(CCNS(=O)(=O)c1ccccc1)c1ccc(F)cc1. The van der Waals surface area contributed by atoms with E-state index in [9.17, 15) is 21.2 Å². The van der Waals surface area contributed by atoms with Crippen LogP contribution in [-0.4, -0.2) is 29.1 Å². The zero-order valence-corrected chi connectivity index (χ0v) is 13.1. The minimum absolute atomic E-state index is 0.0483. The Bertz CT molecular complexity index is 832. The van der Waals surface area contributed by atoms with Crippen molar-refractivity contribution in [3.8, 4) is 0 Å². The van der Waals surface area contributed by atoms with Crippen molar-refractivity contribution in [2.75, 3.05) is 12.3 Å². The van der Waals surface area contributed by atoms with Crippen LogP contribution in [0.1, 0.15) is 0 Å². The summed E-state index contributed by atoms with van der Waals surface area (Å²) in [6, 6.07) is 12.0. The van der Waals surface area contributed by atoms with Gasteiger partial charge in [0.15, 0.2) is 9.84 Å². The van der Waals surface area contributed by atoms with Gasteiger partial charge in [-0.1, -0.05) is 18.2 Å². The predicted octanol–water partition coefficient (Wildman–Crippen LogP) is 1.58. The van der Waals surface area contributed by atoms with Gasteiger partial charge in [-0.05, 0) is 36.4 Å². The highest BCUT2D eigenvalue weighted by atomic mass is 32.2. The minimum atomic E-state index is -3.75. The molecule has 8 heteroatoms. The molecule has 0 amide bonds. The van der Waals surface area contributed by atoms with Crippen LogP contribution in [0.15, 0.2) is 64.4 Å². The third-order valence-corrected chi connectivity index (χ3v) is 6.10. The van der Waals surface area contributed by atoms with Gasteiger partial charge in [0.05, 0.1) is 15.5 Å². The molecule has 2 aromatic rings. The van der Waals surface area contributed by atoms with Crippen molar-refractivity contribution in [3.63, 3.8) is 0 Å². The lowest BCUT2D eigenvalue weighted by Crippen LogP contribution is -2.29. The highest BCUT2D eigenvalue weighted by molar-refractivity contribution is 7.91. The molecule has 5 nitrogen and oxygen atoms in total. The van der Waals surface area contributed by atoms with Crippen LogP contribution >= 0.6 is 0 Å². The Kier molecular flexibility index (Phi) is 4.94. The molecule has 0 aliphatic carbocycles. The molecule has 1 N–H and O–H groups in total. The molecule has 0 atom stereocenters. The summed E-state index contributed by atoms with van der Waals surface area (Å²) in [5, 5.41) is 0. The number of benzene rings is 2. The first-order valence-electron chi connectivity index (χ1n) is 6.34. The molecular formula is C14H14FNO4S2. The molecule has 2 aromatic carbocycles. The van der Waals surface area contributed by atoms with Crippen LogP contribution in [0.2, 0.25) is 0 Å². The molecule has 0 unspecified atom stereocenters. The highest BCUT2D eigenvalue weighted by Gasteiger charge is 2.17. The van der Waals surface area contributed by atoms with Crippen LogP contribution in [0.5, 0.6) is 0 Å². The van der Waals surface area contributed by atoms with Gasteiger partial charge < -0.3 is 0 Å². The summed E-state index contributed by atoms with van der Waals surface area (Å²) in [7, 11) is -7.42. The van der Waals surface area contributed by atoms with E-state index < -0.39 is 31.4 Å². The van der Waals surface area contributed by atoms with Gasteiger partial charge in [-0.3, -0.25) is 0 Å². The average Bonchev–Trinajstić information content (AvgIpc) is 2.48. The first-order chi connectivity index (χ1) is 10.3. The Balaban J connectivity index is 2.03. The third kappa shape index (κ3) is 4.12. The van der Waals surface area contributed by atoms with E-state index >= 15 is 0 Å². The molecule has 0 fully saturated rings. The van der Waals surface area contributed by atoms with E-state index in [1.807, 2.05) is 0 Å². The summed E-state index contributed by atoms with van der Waals surface area (Å²) in [6.45, 7) is -0.267. The topological polar surface area (TPSA) is 80.3 Å². The third-order valence-electron chi connectivity index (χ3n) is 2.89. The smallest absolute Gasteiger partial charge is 0.224 e. The second-order valence-electron chi connectivity index (χ2n) is 4.48. The van der Waals surface area contributed by atoms with E-state index in [0.29, 0.717) is 0 Å². The molecule has 0 spiro atoms. The summed E-state index contributed by atoms with van der Waals surface area (Å²) in [5.41, 5.74) is 0. The van der Waals surface area contributed by atoms with Gasteiger partial charge in [0.2, 0.25) is 10.0 Å². The van der Waals surface area contributed by atoms with Crippen molar-refractivity contribution in [2.24, 2.45) is 0 Å². The lowest BCUT2D eigenvalue weighted by atomic mass is 10.4. The van der Waals surface area contributed by atoms with Crippen molar-refractivity contribution in [3.05, 3.63) is 60.4 Å². The van der Waals surface area contributed by atoms with Gasteiger partial charge in [0.1, 0.15) is 5.82 Å². The molecule has 0 bridgehead atoms. The van der Waals surface area contributed by atoms with E-state index in [2.05, 4.69) is 4.72 Å². The summed E-state index contributed by atoms with van der Waals surface area (Å²) >= 11 is 0. The van der Waals surface area contributed by atoms with Crippen LogP contribution < -0.4 is 4.72 Å². The molecule has 0 heterocycles. The van der Waals surface area contributed by atoms with E-state index in [1.54, 1.807) is 18.2 Å². The minimum Gasteiger partial charge on any atom is -0.224 e. The summed E-state index contributed by atoms with van der Waals surface area (Å²) < 4.78 is 62.9. The van der Waals surface area contributed by atoms with E-state index in [-0.39, 0.29) is 16.3 Å². The maximum Gasteiger partial charge on any atom is 0.240 e. The highest BCUT2D eigenvalue weighted by Crippen LogP contribution is 2.12. The molecule has 22 heavy (non-hydrogen) atoms. The normalized spacial score (nSPS) is 12.2. The van der Waals surface area contributed by atoms with E-state index in [1.165, 1.54) is 12.1 Å². The van der Waals surface area contributed by atoms with Crippen molar-refractivity contribution in [1.82, 2.24) is 4.72 Å². The number of sulfonamides is 1. The van der Waals surface area contributed by atoms with Crippen molar-refractivity contribution in [1.29, 1.82) is 0 Å². The molecule has 118 valence electrons. The fraction of sp³-hybridized carbons (Fsp3) is 0.143. The van der Waals surface area contributed by atoms with Gasteiger partial charge in [0, 0.05) is 6.54 Å². The van der Waals surface area contributed by atoms with Gasteiger partial charge >= 0.3 is 0 Å². The quantitative estimate of drug-likeness (QED) is 0.808. The molecular weight excluding hydrogens is 329 g/mol. The van der Waals surface area contributed by atoms with Gasteiger partial charge in [-0.15, -0.1) is 0 Å². The monoisotopic (exact) mass is 343 g/mol. The van der Waals surface area contributed by atoms with Crippen LogP contribution in [0.3, 0.4) is 0 Å². The van der Waals surface area contributed by atoms with Crippen molar-refractivity contribution >= 4 is 19.9 Å². The fourth-order valence-corrected chi connectivity index (χ4v) is 4.09. The predicted molar refractivity (Wildman–Crippen MR) is 80.1 cm³/mol. The van der Waals surface area contributed by atoms with E-state index in [4.69, 9.17) is 0 Å². The number of rotatable bonds is 6. The van der Waals surface area contributed by atoms with Gasteiger partial charge in [-0.2, -0.15) is 0 Å². The Morgan fingerprint density at radius 2 is 1.41 bits per heavy atom.